The van der Waals surface area contributed by atoms with Crippen molar-refractivity contribution in [2.24, 2.45) is 5.92 Å². The van der Waals surface area contributed by atoms with Gasteiger partial charge in [-0.15, -0.1) is 0 Å². The van der Waals surface area contributed by atoms with Gasteiger partial charge in [-0.2, -0.15) is 0 Å². The van der Waals surface area contributed by atoms with Crippen LogP contribution in [0.3, 0.4) is 0 Å². The van der Waals surface area contributed by atoms with Crippen LogP contribution < -0.4 is 5.32 Å². The standard InChI is InChI=1S/C9H17NO2/c1-2-3-6-12-9(11)8-4-5-10-7-8/h8,10H,2-7H2,1H3/t8-/m0/s1. The van der Waals surface area contributed by atoms with Crippen LogP contribution in [-0.4, -0.2) is 25.7 Å². The van der Waals surface area contributed by atoms with Crippen LogP contribution in [0.25, 0.3) is 0 Å². The quantitative estimate of drug-likeness (QED) is 0.505. The fourth-order valence-electron chi connectivity index (χ4n) is 1.29. The molecule has 0 saturated carbocycles. The lowest BCUT2D eigenvalue weighted by atomic mass is 10.1. The molecule has 1 aliphatic rings. The van der Waals surface area contributed by atoms with Crippen molar-refractivity contribution in [3.63, 3.8) is 0 Å². The van der Waals surface area contributed by atoms with Gasteiger partial charge in [-0.25, -0.2) is 0 Å². The molecule has 1 saturated heterocycles. The van der Waals surface area contributed by atoms with E-state index in [0.717, 1.165) is 32.4 Å². The minimum Gasteiger partial charge on any atom is -0.465 e. The molecule has 1 rings (SSSR count). The summed E-state index contributed by atoms with van der Waals surface area (Å²) in [5.74, 6) is 0.0929. The average molecular weight is 171 g/mol. The fraction of sp³-hybridized carbons (Fsp3) is 0.889. The molecular weight excluding hydrogens is 154 g/mol. The van der Waals surface area contributed by atoms with Crippen LogP contribution >= 0.6 is 0 Å². The molecule has 0 aromatic carbocycles. The van der Waals surface area contributed by atoms with E-state index in [1.54, 1.807) is 0 Å². The van der Waals surface area contributed by atoms with Gasteiger partial charge in [0.05, 0.1) is 12.5 Å². The Morgan fingerprint density at radius 2 is 2.50 bits per heavy atom. The van der Waals surface area contributed by atoms with Crippen LogP contribution in [0.2, 0.25) is 0 Å². The van der Waals surface area contributed by atoms with Crippen LogP contribution in [0.5, 0.6) is 0 Å². The molecular formula is C9H17NO2. The van der Waals surface area contributed by atoms with Gasteiger partial charge in [0, 0.05) is 6.54 Å². The van der Waals surface area contributed by atoms with Gasteiger partial charge >= 0.3 is 5.97 Å². The number of unbranched alkanes of at least 4 members (excludes halogenated alkanes) is 1. The van der Waals surface area contributed by atoms with Gasteiger partial charge in [0.25, 0.3) is 0 Å². The first-order valence-corrected chi connectivity index (χ1v) is 4.72. The Hall–Kier alpha value is -0.570. The van der Waals surface area contributed by atoms with E-state index in [-0.39, 0.29) is 11.9 Å². The summed E-state index contributed by atoms with van der Waals surface area (Å²) in [5, 5.41) is 3.14. The summed E-state index contributed by atoms with van der Waals surface area (Å²) in [6.07, 6.45) is 2.99. The Bertz CT molecular complexity index is 141. The normalized spacial score (nSPS) is 22.6. The van der Waals surface area contributed by atoms with Crippen molar-refractivity contribution in [1.29, 1.82) is 0 Å². The van der Waals surface area contributed by atoms with E-state index < -0.39 is 0 Å². The van der Waals surface area contributed by atoms with Gasteiger partial charge in [-0.1, -0.05) is 13.3 Å². The van der Waals surface area contributed by atoms with E-state index >= 15 is 0 Å². The van der Waals surface area contributed by atoms with E-state index in [0.29, 0.717) is 6.61 Å². The zero-order valence-corrected chi connectivity index (χ0v) is 7.64. The predicted molar refractivity (Wildman–Crippen MR) is 46.8 cm³/mol. The Morgan fingerprint density at radius 1 is 1.67 bits per heavy atom. The summed E-state index contributed by atoms with van der Waals surface area (Å²) in [6.45, 7) is 4.43. The van der Waals surface area contributed by atoms with E-state index in [4.69, 9.17) is 4.74 Å². The van der Waals surface area contributed by atoms with E-state index in [1.807, 2.05) is 0 Å². The number of ether oxygens (including phenoxy) is 1. The van der Waals surface area contributed by atoms with Crippen LogP contribution in [0.15, 0.2) is 0 Å². The lowest BCUT2D eigenvalue weighted by Gasteiger charge is -2.07. The molecule has 1 aliphatic heterocycles. The first-order chi connectivity index (χ1) is 5.84. The van der Waals surface area contributed by atoms with Gasteiger partial charge in [0.1, 0.15) is 0 Å². The third-order valence-corrected chi connectivity index (χ3v) is 2.14. The minimum absolute atomic E-state index is 0.0200. The molecule has 1 N–H and O–H groups in total. The highest BCUT2D eigenvalue weighted by Gasteiger charge is 2.23. The number of carbonyl (C=O) groups is 1. The summed E-state index contributed by atoms with van der Waals surface area (Å²) < 4.78 is 5.09. The largest absolute Gasteiger partial charge is 0.465 e. The number of carbonyl (C=O) groups excluding carboxylic acids is 1. The molecule has 0 aromatic rings. The number of nitrogens with one attached hydrogen (secondary N) is 1. The average Bonchev–Trinajstić information content (AvgIpc) is 2.56. The third kappa shape index (κ3) is 2.81. The van der Waals surface area contributed by atoms with Crippen LogP contribution in [0.4, 0.5) is 0 Å². The SMILES string of the molecule is CCCCOC(=O)[C@H]1CCNC1. The minimum atomic E-state index is -0.0200. The molecule has 0 radical (unpaired) electrons. The molecule has 70 valence electrons. The second-order valence-corrected chi connectivity index (χ2v) is 3.21. The second-order valence-electron chi connectivity index (χ2n) is 3.21. The lowest BCUT2D eigenvalue weighted by molar-refractivity contribution is -0.147. The first-order valence-electron chi connectivity index (χ1n) is 4.72. The summed E-state index contributed by atoms with van der Waals surface area (Å²) in [7, 11) is 0. The molecule has 12 heavy (non-hydrogen) atoms. The Kier molecular flexibility index (Phi) is 4.08. The van der Waals surface area contributed by atoms with Crippen LogP contribution in [-0.2, 0) is 9.53 Å². The summed E-state index contributed by atoms with van der Waals surface area (Å²) in [4.78, 5) is 11.3. The summed E-state index contributed by atoms with van der Waals surface area (Å²) >= 11 is 0. The smallest absolute Gasteiger partial charge is 0.310 e. The highest BCUT2D eigenvalue weighted by Crippen LogP contribution is 2.09. The zero-order valence-electron chi connectivity index (χ0n) is 7.64. The van der Waals surface area contributed by atoms with E-state index in [9.17, 15) is 4.79 Å². The second kappa shape index (κ2) is 5.14. The molecule has 1 heterocycles. The number of rotatable bonds is 4. The van der Waals surface area contributed by atoms with Crippen molar-refractivity contribution in [1.82, 2.24) is 5.32 Å². The molecule has 0 aliphatic carbocycles. The molecule has 0 bridgehead atoms. The highest BCUT2D eigenvalue weighted by atomic mass is 16.5. The predicted octanol–water partition coefficient (Wildman–Crippen LogP) is 0.939. The number of hydrogen-bond donors (Lipinski definition) is 1. The zero-order chi connectivity index (χ0) is 8.81. The van der Waals surface area contributed by atoms with Crippen LogP contribution in [0, 0.1) is 5.92 Å². The molecule has 3 heteroatoms. The maximum atomic E-state index is 11.3. The van der Waals surface area contributed by atoms with Crippen molar-refractivity contribution >= 4 is 5.97 Å². The van der Waals surface area contributed by atoms with Gasteiger partial charge in [-0.05, 0) is 19.4 Å². The maximum absolute atomic E-state index is 11.3. The van der Waals surface area contributed by atoms with Crippen molar-refractivity contribution in [3.8, 4) is 0 Å². The Balaban J connectivity index is 2.10. The first kappa shape index (κ1) is 9.52. The Morgan fingerprint density at radius 3 is 3.08 bits per heavy atom. The maximum Gasteiger partial charge on any atom is 0.310 e. The molecule has 1 atom stereocenters. The Labute approximate surface area is 73.5 Å². The van der Waals surface area contributed by atoms with Gasteiger partial charge in [0.15, 0.2) is 0 Å². The van der Waals surface area contributed by atoms with Gasteiger partial charge in [-0.3, -0.25) is 4.79 Å². The molecule has 0 amide bonds. The molecule has 1 fully saturated rings. The number of esters is 1. The van der Waals surface area contributed by atoms with E-state index in [2.05, 4.69) is 12.2 Å². The van der Waals surface area contributed by atoms with E-state index in [1.165, 1.54) is 0 Å². The molecule has 3 nitrogen and oxygen atoms in total. The van der Waals surface area contributed by atoms with Crippen molar-refractivity contribution < 1.29 is 9.53 Å². The monoisotopic (exact) mass is 171 g/mol. The summed E-state index contributed by atoms with van der Waals surface area (Å²) in [5.41, 5.74) is 0. The molecule has 0 unspecified atom stereocenters. The van der Waals surface area contributed by atoms with Crippen molar-refractivity contribution in [2.75, 3.05) is 19.7 Å². The lowest BCUT2D eigenvalue weighted by Crippen LogP contribution is -2.20. The third-order valence-electron chi connectivity index (χ3n) is 2.14. The van der Waals surface area contributed by atoms with Crippen molar-refractivity contribution in [2.45, 2.75) is 26.2 Å². The van der Waals surface area contributed by atoms with Crippen LogP contribution in [0.1, 0.15) is 26.2 Å². The van der Waals surface area contributed by atoms with Gasteiger partial charge in [0.2, 0.25) is 0 Å². The molecule has 0 aromatic heterocycles. The summed E-state index contributed by atoms with van der Waals surface area (Å²) in [6, 6.07) is 0. The number of hydrogen-bond acceptors (Lipinski definition) is 3. The highest BCUT2D eigenvalue weighted by molar-refractivity contribution is 5.73. The van der Waals surface area contributed by atoms with Crippen molar-refractivity contribution in [3.05, 3.63) is 0 Å². The fourth-order valence-corrected chi connectivity index (χ4v) is 1.29. The molecule has 0 spiro atoms. The van der Waals surface area contributed by atoms with Gasteiger partial charge < -0.3 is 10.1 Å². The topological polar surface area (TPSA) is 38.3 Å².